The quantitative estimate of drug-likeness (QED) is 0.828. The smallest absolute Gasteiger partial charge is 0.243 e. The van der Waals surface area contributed by atoms with Crippen molar-refractivity contribution in [3.05, 3.63) is 53.6 Å². The molecule has 2 aromatic rings. The molecule has 4 nitrogen and oxygen atoms in total. The number of amides is 1. The molecule has 2 aromatic carbocycles. The third-order valence-corrected chi connectivity index (χ3v) is 5.21. The standard InChI is InChI=1S/C22H29N3O/c1-16-11-13-25(14-12-16)20-9-7-19(8-10-20)24-21(26)15-23-22-17(2)5-4-6-18(22)3/h4-10,16,23H,11-15H2,1-3H3,(H,24,26). The number of anilines is 3. The topological polar surface area (TPSA) is 44.4 Å². The average molecular weight is 351 g/mol. The monoisotopic (exact) mass is 351 g/mol. The van der Waals surface area contributed by atoms with Crippen molar-refractivity contribution in [3.8, 4) is 0 Å². The summed E-state index contributed by atoms with van der Waals surface area (Å²) in [7, 11) is 0. The summed E-state index contributed by atoms with van der Waals surface area (Å²) in [5.74, 6) is 0.793. The summed E-state index contributed by atoms with van der Waals surface area (Å²) in [6, 6.07) is 14.3. The van der Waals surface area contributed by atoms with Crippen LogP contribution in [-0.2, 0) is 4.79 Å². The lowest BCUT2D eigenvalue weighted by Crippen LogP contribution is -2.32. The maximum absolute atomic E-state index is 12.2. The number of nitrogens with one attached hydrogen (secondary N) is 2. The van der Waals surface area contributed by atoms with Crippen LogP contribution in [0.15, 0.2) is 42.5 Å². The minimum absolute atomic E-state index is 0.0350. The first-order chi connectivity index (χ1) is 12.5. The first kappa shape index (κ1) is 18.3. The molecule has 2 N–H and O–H groups in total. The number of hydrogen-bond acceptors (Lipinski definition) is 3. The normalized spacial score (nSPS) is 15.0. The molecule has 1 aliphatic rings. The summed E-state index contributed by atoms with van der Waals surface area (Å²) in [5.41, 5.74) is 5.42. The maximum atomic E-state index is 12.2. The van der Waals surface area contributed by atoms with Crippen LogP contribution < -0.4 is 15.5 Å². The minimum Gasteiger partial charge on any atom is -0.376 e. The van der Waals surface area contributed by atoms with Crippen molar-refractivity contribution in [2.24, 2.45) is 5.92 Å². The summed E-state index contributed by atoms with van der Waals surface area (Å²) < 4.78 is 0. The van der Waals surface area contributed by atoms with Gasteiger partial charge in [0.1, 0.15) is 0 Å². The van der Waals surface area contributed by atoms with Gasteiger partial charge >= 0.3 is 0 Å². The minimum atomic E-state index is -0.0350. The molecule has 1 heterocycles. The van der Waals surface area contributed by atoms with Gasteiger partial charge in [0, 0.05) is 30.2 Å². The molecular weight excluding hydrogens is 322 g/mol. The number of aryl methyl sites for hydroxylation is 2. The van der Waals surface area contributed by atoms with E-state index in [1.165, 1.54) is 18.5 Å². The first-order valence-corrected chi connectivity index (χ1v) is 9.48. The molecule has 1 saturated heterocycles. The summed E-state index contributed by atoms with van der Waals surface area (Å²) in [4.78, 5) is 14.7. The lowest BCUT2D eigenvalue weighted by Gasteiger charge is -2.32. The Morgan fingerprint density at radius 3 is 2.27 bits per heavy atom. The van der Waals surface area contributed by atoms with Gasteiger partial charge in [-0.2, -0.15) is 0 Å². The van der Waals surface area contributed by atoms with E-state index in [-0.39, 0.29) is 12.5 Å². The van der Waals surface area contributed by atoms with Crippen LogP contribution in [0.4, 0.5) is 17.1 Å². The summed E-state index contributed by atoms with van der Waals surface area (Å²) in [6.45, 7) is 8.92. The molecule has 0 radical (unpaired) electrons. The van der Waals surface area contributed by atoms with Crippen molar-refractivity contribution in [1.82, 2.24) is 0 Å². The Morgan fingerprint density at radius 1 is 1.04 bits per heavy atom. The second-order valence-corrected chi connectivity index (χ2v) is 7.38. The summed E-state index contributed by atoms with van der Waals surface area (Å²) >= 11 is 0. The Bertz CT molecular complexity index is 726. The van der Waals surface area contributed by atoms with Crippen molar-refractivity contribution >= 4 is 23.0 Å². The number of benzene rings is 2. The molecule has 0 aromatic heterocycles. The van der Waals surface area contributed by atoms with Crippen molar-refractivity contribution < 1.29 is 4.79 Å². The van der Waals surface area contributed by atoms with Gasteiger partial charge in [-0.3, -0.25) is 4.79 Å². The fourth-order valence-electron chi connectivity index (χ4n) is 3.49. The molecule has 3 rings (SSSR count). The Kier molecular flexibility index (Phi) is 5.82. The van der Waals surface area contributed by atoms with Gasteiger partial charge in [-0.15, -0.1) is 0 Å². The van der Waals surface area contributed by atoms with Gasteiger partial charge in [-0.05, 0) is 68.0 Å². The zero-order valence-electron chi connectivity index (χ0n) is 16.0. The molecule has 0 unspecified atom stereocenters. The number of para-hydroxylation sites is 1. The first-order valence-electron chi connectivity index (χ1n) is 9.48. The van der Waals surface area contributed by atoms with E-state index in [4.69, 9.17) is 0 Å². The van der Waals surface area contributed by atoms with E-state index in [2.05, 4.69) is 34.6 Å². The van der Waals surface area contributed by atoms with Gasteiger partial charge in [0.15, 0.2) is 0 Å². The molecule has 0 aliphatic carbocycles. The molecule has 0 spiro atoms. The van der Waals surface area contributed by atoms with Crippen molar-refractivity contribution in [2.75, 3.05) is 35.2 Å². The number of hydrogen-bond donors (Lipinski definition) is 2. The molecular formula is C22H29N3O. The van der Waals surface area contributed by atoms with Gasteiger partial charge in [0.2, 0.25) is 5.91 Å². The molecule has 1 aliphatic heterocycles. The zero-order valence-corrected chi connectivity index (χ0v) is 16.0. The molecule has 26 heavy (non-hydrogen) atoms. The van der Waals surface area contributed by atoms with Crippen LogP contribution in [0.25, 0.3) is 0 Å². The highest BCUT2D eigenvalue weighted by Gasteiger charge is 2.16. The zero-order chi connectivity index (χ0) is 18.5. The number of nitrogens with zero attached hydrogens (tertiary/aromatic N) is 1. The van der Waals surface area contributed by atoms with Gasteiger partial charge in [0.05, 0.1) is 6.54 Å². The predicted molar refractivity (Wildman–Crippen MR) is 110 cm³/mol. The van der Waals surface area contributed by atoms with Crippen LogP contribution in [0.1, 0.15) is 30.9 Å². The SMILES string of the molecule is Cc1cccc(C)c1NCC(=O)Nc1ccc(N2CCC(C)CC2)cc1. The Labute approximate surface area is 156 Å². The Morgan fingerprint density at radius 2 is 1.65 bits per heavy atom. The van der Waals surface area contributed by atoms with Crippen LogP contribution in [0.3, 0.4) is 0 Å². The second-order valence-electron chi connectivity index (χ2n) is 7.38. The van der Waals surface area contributed by atoms with E-state index in [1.54, 1.807) is 0 Å². The fourth-order valence-corrected chi connectivity index (χ4v) is 3.49. The van der Waals surface area contributed by atoms with Crippen LogP contribution in [0.2, 0.25) is 0 Å². The molecule has 1 amide bonds. The maximum Gasteiger partial charge on any atom is 0.243 e. The highest BCUT2D eigenvalue weighted by Crippen LogP contribution is 2.24. The molecule has 0 saturated carbocycles. The van der Waals surface area contributed by atoms with Gasteiger partial charge < -0.3 is 15.5 Å². The van der Waals surface area contributed by atoms with Crippen molar-refractivity contribution in [2.45, 2.75) is 33.6 Å². The average Bonchev–Trinajstić information content (AvgIpc) is 2.63. The lowest BCUT2D eigenvalue weighted by atomic mass is 9.99. The molecule has 0 bridgehead atoms. The van der Waals surface area contributed by atoms with E-state index in [0.29, 0.717) is 0 Å². The van der Waals surface area contributed by atoms with Gasteiger partial charge in [0.25, 0.3) is 0 Å². The Balaban J connectivity index is 1.53. The number of rotatable bonds is 5. The largest absolute Gasteiger partial charge is 0.376 e. The summed E-state index contributed by atoms with van der Waals surface area (Å²) in [5, 5.41) is 6.22. The summed E-state index contributed by atoms with van der Waals surface area (Å²) in [6.07, 6.45) is 2.50. The predicted octanol–water partition coefficient (Wildman–Crippen LogP) is 4.59. The lowest BCUT2D eigenvalue weighted by molar-refractivity contribution is -0.114. The fraction of sp³-hybridized carbons (Fsp3) is 0.409. The van der Waals surface area contributed by atoms with Gasteiger partial charge in [-0.25, -0.2) is 0 Å². The molecule has 1 fully saturated rings. The van der Waals surface area contributed by atoms with Crippen LogP contribution in [0.5, 0.6) is 0 Å². The third-order valence-electron chi connectivity index (χ3n) is 5.21. The molecule has 4 heteroatoms. The van der Waals surface area contributed by atoms with E-state index >= 15 is 0 Å². The third kappa shape index (κ3) is 4.57. The molecule has 0 atom stereocenters. The van der Waals surface area contributed by atoms with Crippen LogP contribution in [-0.4, -0.2) is 25.5 Å². The highest BCUT2D eigenvalue weighted by atomic mass is 16.1. The van der Waals surface area contributed by atoms with Crippen LogP contribution in [0, 0.1) is 19.8 Å². The van der Waals surface area contributed by atoms with E-state index < -0.39 is 0 Å². The van der Waals surface area contributed by atoms with E-state index in [1.807, 2.05) is 44.2 Å². The highest BCUT2D eigenvalue weighted by molar-refractivity contribution is 5.94. The van der Waals surface area contributed by atoms with Crippen molar-refractivity contribution in [3.63, 3.8) is 0 Å². The van der Waals surface area contributed by atoms with E-state index in [0.717, 1.165) is 41.5 Å². The van der Waals surface area contributed by atoms with Crippen molar-refractivity contribution in [1.29, 1.82) is 0 Å². The number of carbonyl (C=O) groups is 1. The Hall–Kier alpha value is -2.49. The number of carbonyl (C=O) groups excluding carboxylic acids is 1. The number of piperidine rings is 1. The van der Waals surface area contributed by atoms with Gasteiger partial charge in [-0.1, -0.05) is 25.1 Å². The van der Waals surface area contributed by atoms with E-state index in [9.17, 15) is 4.79 Å². The molecule has 138 valence electrons. The second kappa shape index (κ2) is 8.26. The van der Waals surface area contributed by atoms with Crippen LogP contribution >= 0.6 is 0 Å².